The molecule has 27 heavy (non-hydrogen) atoms. The first-order valence-electron chi connectivity index (χ1n) is 9.04. The SMILES string of the molecule is COC(=O)c1ccc(C=Cc2cccc(B3OC(C)(C)C(C)(C)O3)c2)cc1. The number of methoxy groups -OCH3 is 1. The molecule has 2 aromatic carbocycles. The zero-order valence-electron chi connectivity index (χ0n) is 16.5. The van der Waals surface area contributed by atoms with Crippen molar-refractivity contribution in [1.82, 2.24) is 0 Å². The Morgan fingerprint density at radius 1 is 0.926 bits per heavy atom. The highest BCUT2D eigenvalue weighted by Crippen LogP contribution is 2.36. The van der Waals surface area contributed by atoms with Gasteiger partial charge in [0.15, 0.2) is 0 Å². The molecule has 140 valence electrons. The van der Waals surface area contributed by atoms with Gasteiger partial charge in [0.05, 0.1) is 23.9 Å². The molecule has 0 aromatic heterocycles. The predicted molar refractivity (Wildman–Crippen MR) is 109 cm³/mol. The molecule has 0 amide bonds. The Morgan fingerprint density at radius 2 is 1.52 bits per heavy atom. The second kappa shape index (κ2) is 7.33. The molecule has 1 saturated heterocycles. The summed E-state index contributed by atoms with van der Waals surface area (Å²) in [6, 6.07) is 15.4. The van der Waals surface area contributed by atoms with Gasteiger partial charge in [0, 0.05) is 0 Å². The molecule has 0 aliphatic carbocycles. The van der Waals surface area contributed by atoms with E-state index >= 15 is 0 Å². The zero-order valence-corrected chi connectivity index (χ0v) is 16.5. The molecule has 1 fully saturated rings. The van der Waals surface area contributed by atoms with Gasteiger partial charge in [-0.15, -0.1) is 0 Å². The third kappa shape index (κ3) is 4.15. The van der Waals surface area contributed by atoms with Crippen molar-refractivity contribution in [2.45, 2.75) is 38.9 Å². The maximum atomic E-state index is 11.5. The summed E-state index contributed by atoms with van der Waals surface area (Å²) in [4.78, 5) is 11.5. The van der Waals surface area contributed by atoms with Gasteiger partial charge in [-0.1, -0.05) is 48.6 Å². The number of ether oxygens (including phenoxy) is 1. The third-order valence-electron chi connectivity index (χ3n) is 5.24. The maximum Gasteiger partial charge on any atom is 0.494 e. The van der Waals surface area contributed by atoms with Crippen LogP contribution in [0, 0.1) is 0 Å². The van der Waals surface area contributed by atoms with E-state index in [0.29, 0.717) is 5.56 Å². The fourth-order valence-corrected chi connectivity index (χ4v) is 2.83. The molecule has 3 rings (SSSR count). The minimum atomic E-state index is -0.373. The third-order valence-corrected chi connectivity index (χ3v) is 5.24. The van der Waals surface area contributed by atoms with Gasteiger partial charge in [0.25, 0.3) is 0 Å². The van der Waals surface area contributed by atoms with Crippen LogP contribution in [0.3, 0.4) is 0 Å². The van der Waals surface area contributed by atoms with Gasteiger partial charge < -0.3 is 14.0 Å². The summed E-state index contributed by atoms with van der Waals surface area (Å²) in [5.74, 6) is -0.333. The van der Waals surface area contributed by atoms with Crippen LogP contribution >= 0.6 is 0 Å². The van der Waals surface area contributed by atoms with Gasteiger partial charge >= 0.3 is 13.1 Å². The summed E-state index contributed by atoms with van der Waals surface area (Å²) in [5, 5.41) is 0. The van der Waals surface area contributed by atoms with E-state index in [1.54, 1.807) is 12.1 Å². The molecule has 0 N–H and O–H groups in total. The Bertz CT molecular complexity index is 837. The second-order valence-electron chi connectivity index (χ2n) is 7.71. The average molecular weight is 364 g/mol. The number of benzene rings is 2. The first-order chi connectivity index (χ1) is 12.7. The van der Waals surface area contributed by atoms with E-state index in [2.05, 4.69) is 33.8 Å². The van der Waals surface area contributed by atoms with Crippen LogP contribution in [0.1, 0.15) is 49.2 Å². The Kier molecular flexibility index (Phi) is 5.27. The van der Waals surface area contributed by atoms with Crippen LogP contribution in [-0.2, 0) is 14.0 Å². The molecule has 0 bridgehead atoms. The zero-order chi connectivity index (χ0) is 19.7. The molecular weight excluding hydrogens is 339 g/mol. The lowest BCUT2D eigenvalue weighted by Gasteiger charge is -2.32. The Morgan fingerprint density at radius 3 is 2.11 bits per heavy atom. The van der Waals surface area contributed by atoms with Gasteiger partial charge in [-0.2, -0.15) is 0 Å². The van der Waals surface area contributed by atoms with Gasteiger partial charge in [-0.3, -0.25) is 0 Å². The maximum absolute atomic E-state index is 11.5. The van der Waals surface area contributed by atoms with Gasteiger partial charge in [-0.25, -0.2) is 4.79 Å². The van der Waals surface area contributed by atoms with Gasteiger partial charge in [-0.05, 0) is 56.4 Å². The molecule has 4 nitrogen and oxygen atoms in total. The van der Waals surface area contributed by atoms with Gasteiger partial charge in [0.1, 0.15) is 0 Å². The van der Waals surface area contributed by atoms with E-state index in [4.69, 9.17) is 14.0 Å². The second-order valence-corrected chi connectivity index (χ2v) is 7.71. The molecule has 0 unspecified atom stereocenters. The Hall–Kier alpha value is -2.37. The monoisotopic (exact) mass is 364 g/mol. The smallest absolute Gasteiger partial charge is 0.465 e. The van der Waals surface area contributed by atoms with Crippen LogP contribution in [0.15, 0.2) is 48.5 Å². The lowest BCUT2D eigenvalue weighted by molar-refractivity contribution is 0.00578. The van der Waals surface area contributed by atoms with Crippen LogP contribution in [0.4, 0.5) is 0 Å². The van der Waals surface area contributed by atoms with Crippen molar-refractivity contribution in [1.29, 1.82) is 0 Å². The molecule has 2 aromatic rings. The Labute approximate surface area is 161 Å². The van der Waals surface area contributed by atoms with Crippen molar-refractivity contribution in [3.05, 3.63) is 65.2 Å². The number of carbonyl (C=O) groups is 1. The summed E-state index contributed by atoms with van der Waals surface area (Å²) in [6.45, 7) is 8.20. The van der Waals surface area contributed by atoms with Crippen LogP contribution < -0.4 is 5.46 Å². The molecule has 1 aliphatic heterocycles. The average Bonchev–Trinajstić information content (AvgIpc) is 2.87. The number of hydrogen-bond acceptors (Lipinski definition) is 4. The van der Waals surface area contributed by atoms with Crippen molar-refractivity contribution >= 4 is 30.7 Å². The van der Waals surface area contributed by atoms with E-state index < -0.39 is 0 Å². The molecular formula is C22H25BO4. The van der Waals surface area contributed by atoms with Crippen molar-refractivity contribution in [3.63, 3.8) is 0 Å². The standard InChI is InChI=1S/C22H25BO4/c1-21(2)22(3,4)27-23(26-21)19-8-6-7-17(15-19)10-9-16-11-13-18(14-12-16)20(24)25-5/h6-15H,1-5H3. The van der Waals surface area contributed by atoms with E-state index in [0.717, 1.165) is 16.6 Å². The topological polar surface area (TPSA) is 44.8 Å². The number of rotatable bonds is 4. The summed E-state index contributed by atoms with van der Waals surface area (Å²) in [6.07, 6.45) is 4.03. The lowest BCUT2D eigenvalue weighted by Crippen LogP contribution is -2.41. The molecule has 1 aliphatic rings. The first-order valence-corrected chi connectivity index (χ1v) is 9.04. The van der Waals surface area contributed by atoms with E-state index in [-0.39, 0.29) is 24.3 Å². The van der Waals surface area contributed by atoms with Crippen molar-refractivity contribution in [2.75, 3.05) is 7.11 Å². The van der Waals surface area contributed by atoms with Crippen LogP contribution in [0.25, 0.3) is 12.2 Å². The van der Waals surface area contributed by atoms with Crippen molar-refractivity contribution < 1.29 is 18.8 Å². The lowest BCUT2D eigenvalue weighted by atomic mass is 9.78. The van der Waals surface area contributed by atoms with E-state index in [1.165, 1.54) is 7.11 Å². The molecule has 1 heterocycles. The minimum Gasteiger partial charge on any atom is -0.465 e. The van der Waals surface area contributed by atoms with E-state index in [1.807, 2.05) is 42.5 Å². The molecule has 5 heteroatoms. The molecule has 0 saturated carbocycles. The van der Waals surface area contributed by atoms with Crippen LogP contribution in [0.2, 0.25) is 0 Å². The minimum absolute atomic E-state index is 0.333. The first kappa shape index (κ1) is 19.4. The van der Waals surface area contributed by atoms with E-state index in [9.17, 15) is 4.79 Å². The molecule has 0 radical (unpaired) electrons. The quantitative estimate of drug-likeness (QED) is 0.468. The Balaban J connectivity index is 1.75. The largest absolute Gasteiger partial charge is 0.494 e. The van der Waals surface area contributed by atoms with Crippen molar-refractivity contribution in [2.24, 2.45) is 0 Å². The number of carbonyl (C=O) groups excluding carboxylic acids is 1. The van der Waals surface area contributed by atoms with Gasteiger partial charge in [0.2, 0.25) is 0 Å². The summed E-state index contributed by atoms with van der Waals surface area (Å²) in [5.41, 5.74) is 2.88. The summed E-state index contributed by atoms with van der Waals surface area (Å²) < 4.78 is 17.0. The number of hydrogen-bond donors (Lipinski definition) is 0. The van der Waals surface area contributed by atoms with Crippen LogP contribution in [-0.4, -0.2) is 31.4 Å². The molecule has 0 atom stereocenters. The predicted octanol–water partition coefficient (Wildman–Crippen LogP) is 3.94. The highest BCUT2D eigenvalue weighted by Gasteiger charge is 2.51. The fourth-order valence-electron chi connectivity index (χ4n) is 2.83. The highest BCUT2D eigenvalue weighted by molar-refractivity contribution is 6.62. The summed E-state index contributed by atoms with van der Waals surface area (Å²) in [7, 11) is 1.01. The highest BCUT2D eigenvalue weighted by atomic mass is 16.7. The normalized spacial score (nSPS) is 18.0. The molecule has 0 spiro atoms. The summed E-state index contributed by atoms with van der Waals surface area (Å²) >= 11 is 0. The van der Waals surface area contributed by atoms with Crippen molar-refractivity contribution in [3.8, 4) is 0 Å². The fraction of sp³-hybridized carbons (Fsp3) is 0.318. The number of esters is 1. The van der Waals surface area contributed by atoms with Crippen LogP contribution in [0.5, 0.6) is 0 Å².